The lowest BCUT2D eigenvalue weighted by Crippen LogP contribution is -2.33. The Hall–Kier alpha value is -0.350. The molecule has 0 spiro atoms. The van der Waals surface area contributed by atoms with Crippen LogP contribution in [0.15, 0.2) is 40.9 Å². The molecule has 0 saturated heterocycles. The highest BCUT2D eigenvalue weighted by atomic mass is 79.9. The van der Waals surface area contributed by atoms with Gasteiger partial charge in [-0.1, -0.05) is 46.6 Å². The molecule has 0 amide bonds. The van der Waals surface area contributed by atoms with Crippen LogP contribution >= 0.6 is 38.9 Å². The number of nitrogens with one attached hydrogen (secondary N) is 1. The first-order chi connectivity index (χ1) is 9.67. The Morgan fingerprint density at radius 3 is 2.50 bits per heavy atom. The van der Waals surface area contributed by atoms with E-state index >= 15 is 0 Å². The molecule has 2 aromatic rings. The van der Waals surface area contributed by atoms with E-state index in [2.05, 4.69) is 58.5 Å². The maximum Gasteiger partial charge on any atom is 0.0931 e. The van der Waals surface area contributed by atoms with Gasteiger partial charge in [-0.2, -0.15) is 0 Å². The third-order valence-corrected chi connectivity index (χ3v) is 4.94. The molecule has 4 heteroatoms. The van der Waals surface area contributed by atoms with E-state index in [1.165, 1.54) is 10.4 Å². The third-order valence-electron chi connectivity index (χ3n) is 3.15. The van der Waals surface area contributed by atoms with Gasteiger partial charge < -0.3 is 5.32 Å². The topological polar surface area (TPSA) is 12.0 Å². The molecule has 1 aromatic carbocycles. The molecule has 0 aliphatic heterocycles. The highest BCUT2D eigenvalue weighted by Crippen LogP contribution is 2.23. The van der Waals surface area contributed by atoms with Gasteiger partial charge >= 0.3 is 0 Å². The number of rotatable bonds is 7. The van der Waals surface area contributed by atoms with Crippen molar-refractivity contribution >= 4 is 38.9 Å². The fourth-order valence-corrected chi connectivity index (χ4v) is 3.61. The first-order valence-corrected chi connectivity index (χ1v) is 8.88. The molecule has 1 nitrogen and oxygen atoms in total. The van der Waals surface area contributed by atoms with Gasteiger partial charge in [0.1, 0.15) is 0 Å². The smallest absolute Gasteiger partial charge is 0.0931 e. The Labute approximate surface area is 138 Å². The van der Waals surface area contributed by atoms with Gasteiger partial charge in [0.2, 0.25) is 0 Å². The first kappa shape index (κ1) is 16.0. The second kappa shape index (κ2) is 8.18. The quantitative estimate of drug-likeness (QED) is 0.694. The summed E-state index contributed by atoms with van der Waals surface area (Å²) < 4.78 is 2.00. The summed E-state index contributed by atoms with van der Waals surface area (Å²) in [7, 11) is 0. The average molecular weight is 373 g/mol. The fourth-order valence-electron chi connectivity index (χ4n) is 2.17. The minimum atomic E-state index is 0.464. The van der Waals surface area contributed by atoms with E-state index in [1.807, 2.05) is 6.07 Å². The Morgan fingerprint density at radius 2 is 1.90 bits per heavy atom. The number of hydrogen-bond acceptors (Lipinski definition) is 2. The zero-order valence-corrected chi connectivity index (χ0v) is 14.7. The lowest BCUT2D eigenvalue weighted by Gasteiger charge is -2.18. The van der Waals surface area contributed by atoms with Crippen molar-refractivity contribution in [3.05, 3.63) is 55.6 Å². The van der Waals surface area contributed by atoms with Crippen molar-refractivity contribution in [3.8, 4) is 0 Å². The molecule has 1 heterocycles. The Morgan fingerprint density at radius 1 is 1.15 bits per heavy atom. The van der Waals surface area contributed by atoms with Crippen LogP contribution in [0.1, 0.15) is 23.8 Å². The third kappa shape index (κ3) is 5.21. The van der Waals surface area contributed by atoms with E-state index in [-0.39, 0.29) is 0 Å². The lowest BCUT2D eigenvalue weighted by atomic mass is 10.0. The van der Waals surface area contributed by atoms with E-state index in [4.69, 9.17) is 11.6 Å². The highest BCUT2D eigenvalue weighted by Gasteiger charge is 2.11. The average Bonchev–Trinajstić information content (AvgIpc) is 2.84. The van der Waals surface area contributed by atoms with Gasteiger partial charge in [-0.3, -0.25) is 0 Å². The van der Waals surface area contributed by atoms with Crippen molar-refractivity contribution < 1.29 is 0 Å². The second-order valence-electron chi connectivity index (χ2n) is 4.89. The maximum absolute atomic E-state index is 6.02. The van der Waals surface area contributed by atoms with E-state index in [0.29, 0.717) is 6.04 Å². The van der Waals surface area contributed by atoms with E-state index in [0.717, 1.165) is 34.6 Å². The molecule has 20 heavy (non-hydrogen) atoms. The molecular weight excluding hydrogens is 354 g/mol. The van der Waals surface area contributed by atoms with Gasteiger partial charge in [0.15, 0.2) is 0 Å². The summed E-state index contributed by atoms with van der Waals surface area (Å²) in [6, 6.07) is 13.2. The molecule has 2 rings (SSSR count). The summed E-state index contributed by atoms with van der Waals surface area (Å²) >= 11 is 11.2. The Bertz CT molecular complexity index is 524. The van der Waals surface area contributed by atoms with Crippen molar-refractivity contribution in [2.45, 2.75) is 32.2 Å². The zero-order valence-electron chi connectivity index (χ0n) is 11.5. The molecule has 0 bridgehead atoms. The SMILES string of the molecule is CCCNC(Cc1ccc(Br)cc1)Cc1ccc(Cl)s1. The predicted octanol–water partition coefficient (Wildman–Crippen LogP) is 5.32. The minimum absolute atomic E-state index is 0.464. The summed E-state index contributed by atoms with van der Waals surface area (Å²) in [5.41, 5.74) is 1.37. The fraction of sp³-hybridized carbons (Fsp3) is 0.375. The van der Waals surface area contributed by atoms with Gasteiger partial charge in [-0.05, 0) is 55.6 Å². The molecule has 0 aliphatic carbocycles. The largest absolute Gasteiger partial charge is 0.313 e. The number of thiophene rings is 1. The molecule has 0 fully saturated rings. The van der Waals surface area contributed by atoms with Crippen molar-refractivity contribution in [2.24, 2.45) is 0 Å². The van der Waals surface area contributed by atoms with Crippen LogP contribution in [0, 0.1) is 0 Å². The summed E-state index contributed by atoms with van der Waals surface area (Å²) in [5.74, 6) is 0. The van der Waals surface area contributed by atoms with Crippen LogP contribution in [0.5, 0.6) is 0 Å². The van der Waals surface area contributed by atoms with Crippen LogP contribution in [0.4, 0.5) is 0 Å². The summed E-state index contributed by atoms with van der Waals surface area (Å²) in [6.07, 6.45) is 3.23. The zero-order chi connectivity index (χ0) is 14.4. The van der Waals surface area contributed by atoms with Crippen LogP contribution in [0.2, 0.25) is 4.34 Å². The highest BCUT2D eigenvalue weighted by molar-refractivity contribution is 9.10. The minimum Gasteiger partial charge on any atom is -0.313 e. The molecular formula is C16H19BrClNS. The van der Waals surface area contributed by atoms with Gasteiger partial charge in [-0.15, -0.1) is 11.3 Å². The van der Waals surface area contributed by atoms with Crippen LogP contribution in [0.25, 0.3) is 0 Å². The van der Waals surface area contributed by atoms with E-state index in [1.54, 1.807) is 11.3 Å². The summed E-state index contributed by atoms with van der Waals surface area (Å²) in [6.45, 7) is 3.26. The van der Waals surface area contributed by atoms with Gasteiger partial charge in [0.25, 0.3) is 0 Å². The maximum atomic E-state index is 6.02. The van der Waals surface area contributed by atoms with Crippen LogP contribution in [0.3, 0.4) is 0 Å². The number of halogens is 2. The van der Waals surface area contributed by atoms with E-state index in [9.17, 15) is 0 Å². The van der Waals surface area contributed by atoms with E-state index < -0.39 is 0 Å². The molecule has 1 N–H and O–H groups in total. The second-order valence-corrected chi connectivity index (χ2v) is 7.61. The monoisotopic (exact) mass is 371 g/mol. The van der Waals surface area contributed by atoms with Crippen molar-refractivity contribution in [2.75, 3.05) is 6.54 Å². The van der Waals surface area contributed by atoms with Gasteiger partial charge in [0, 0.05) is 15.4 Å². The van der Waals surface area contributed by atoms with Crippen molar-refractivity contribution in [1.29, 1.82) is 0 Å². The summed E-state index contributed by atoms with van der Waals surface area (Å²) in [4.78, 5) is 1.35. The molecule has 0 aliphatic rings. The first-order valence-electron chi connectivity index (χ1n) is 6.89. The normalized spacial score (nSPS) is 12.6. The molecule has 1 atom stereocenters. The molecule has 1 aromatic heterocycles. The number of benzene rings is 1. The molecule has 108 valence electrons. The van der Waals surface area contributed by atoms with Crippen LogP contribution in [-0.2, 0) is 12.8 Å². The summed E-state index contributed by atoms with van der Waals surface area (Å²) in [5, 5.41) is 3.64. The van der Waals surface area contributed by atoms with Crippen LogP contribution in [-0.4, -0.2) is 12.6 Å². The molecule has 1 unspecified atom stereocenters. The molecule has 0 saturated carbocycles. The van der Waals surface area contributed by atoms with Gasteiger partial charge in [0.05, 0.1) is 4.34 Å². The standard InChI is InChI=1S/C16H19BrClNS/c1-2-9-19-14(11-15-7-8-16(18)20-15)10-12-3-5-13(17)6-4-12/h3-8,14,19H,2,9-11H2,1H3. The van der Waals surface area contributed by atoms with Crippen LogP contribution < -0.4 is 5.32 Å². The van der Waals surface area contributed by atoms with Crippen molar-refractivity contribution in [1.82, 2.24) is 5.32 Å². The van der Waals surface area contributed by atoms with Gasteiger partial charge in [-0.25, -0.2) is 0 Å². The molecule has 0 radical (unpaired) electrons. The van der Waals surface area contributed by atoms with Crippen molar-refractivity contribution in [3.63, 3.8) is 0 Å². The Kier molecular flexibility index (Phi) is 6.56. The Balaban J connectivity index is 2.00. The lowest BCUT2D eigenvalue weighted by molar-refractivity contribution is 0.507. The predicted molar refractivity (Wildman–Crippen MR) is 93.0 cm³/mol. The number of hydrogen-bond donors (Lipinski definition) is 1.